The van der Waals surface area contributed by atoms with Gasteiger partial charge in [-0.15, -0.1) is 6.58 Å². The second-order valence-corrected chi connectivity index (χ2v) is 24.1. The van der Waals surface area contributed by atoms with Crippen molar-refractivity contribution in [3.05, 3.63) is 12.7 Å². The van der Waals surface area contributed by atoms with Crippen LogP contribution in [-0.4, -0.2) is 102 Å². The van der Waals surface area contributed by atoms with Crippen LogP contribution in [0.2, 0.25) is 0 Å². The quantitative estimate of drug-likeness (QED) is 0.172. The predicted octanol–water partition coefficient (Wildman–Crippen LogP) is 6.73. The summed E-state index contributed by atoms with van der Waals surface area (Å²) in [5.74, 6) is -2.44. The Morgan fingerprint density at radius 2 is 1.44 bits per heavy atom. The summed E-state index contributed by atoms with van der Waals surface area (Å²) >= 11 is 0. The van der Waals surface area contributed by atoms with E-state index in [4.69, 9.17) is 0 Å². The molecule has 7 fully saturated rings. The van der Waals surface area contributed by atoms with Gasteiger partial charge in [0.1, 0.15) is 0 Å². The van der Waals surface area contributed by atoms with Crippen LogP contribution in [0.3, 0.4) is 0 Å². The van der Waals surface area contributed by atoms with Gasteiger partial charge in [-0.05, 0) is 113 Å². The Morgan fingerprint density at radius 3 is 2.00 bits per heavy atom. The first kappa shape index (κ1) is 46.4. The number of likely N-dealkylation sites (tertiary alicyclic amines) is 2. The van der Waals surface area contributed by atoms with Crippen LogP contribution < -0.4 is 10.0 Å². The molecule has 4 aliphatic carbocycles. The van der Waals surface area contributed by atoms with Crippen molar-refractivity contribution in [2.45, 2.75) is 188 Å². The zero-order valence-corrected chi connectivity index (χ0v) is 39.3. The van der Waals surface area contributed by atoms with Crippen molar-refractivity contribution in [1.29, 1.82) is 0 Å². The van der Waals surface area contributed by atoms with E-state index in [1.807, 2.05) is 20.8 Å². The molecule has 3 amide bonds. The van der Waals surface area contributed by atoms with Crippen molar-refractivity contribution in [3.63, 3.8) is 0 Å². The topological polar surface area (TPSA) is 153 Å². The molecule has 3 heterocycles. The molecule has 7 aliphatic rings. The predicted molar refractivity (Wildman–Crippen MR) is 236 cm³/mol. The maximum atomic E-state index is 15.4. The zero-order chi connectivity index (χ0) is 44.3. The number of allylic oxidation sites excluding steroid dienone is 1. The lowest BCUT2D eigenvalue weighted by Gasteiger charge is -2.40. The monoisotopic (exact) mass is 868 g/mol. The third kappa shape index (κ3) is 8.21. The highest BCUT2D eigenvalue weighted by Gasteiger charge is 2.85. The molecule has 0 aromatic rings. The minimum Gasteiger partial charge on any atom is -0.345 e. The van der Waals surface area contributed by atoms with Gasteiger partial charge in [-0.1, -0.05) is 79.2 Å². The Balaban J connectivity index is 1.15. The maximum absolute atomic E-state index is 15.4. The summed E-state index contributed by atoms with van der Waals surface area (Å²) in [6, 6.07) is -1.57. The van der Waals surface area contributed by atoms with E-state index in [0.29, 0.717) is 32.5 Å². The van der Waals surface area contributed by atoms with Gasteiger partial charge >= 0.3 is 10.2 Å². The first-order valence-electron chi connectivity index (χ1n) is 24.0. The third-order valence-electron chi connectivity index (χ3n) is 17.7. The van der Waals surface area contributed by atoms with Gasteiger partial charge in [0, 0.05) is 49.9 Å². The van der Waals surface area contributed by atoms with Crippen LogP contribution in [0.4, 0.5) is 0 Å². The van der Waals surface area contributed by atoms with Gasteiger partial charge in [-0.2, -0.15) is 12.7 Å². The van der Waals surface area contributed by atoms with Crippen LogP contribution in [0.1, 0.15) is 164 Å². The van der Waals surface area contributed by atoms with Crippen molar-refractivity contribution in [3.8, 4) is 0 Å². The van der Waals surface area contributed by atoms with Crippen LogP contribution in [0, 0.1) is 44.8 Å². The van der Waals surface area contributed by atoms with Gasteiger partial charge in [0.2, 0.25) is 17.7 Å². The number of piperidine rings is 2. The fourth-order valence-corrected chi connectivity index (χ4v) is 14.8. The minimum absolute atomic E-state index is 0.00421. The van der Waals surface area contributed by atoms with E-state index in [2.05, 4.69) is 49.2 Å². The summed E-state index contributed by atoms with van der Waals surface area (Å²) in [7, 11) is -4.08. The fraction of sp³-hybridized carbons (Fsp3) is 0.854. The number of ketones is 2. The first-order chi connectivity index (χ1) is 28.7. The summed E-state index contributed by atoms with van der Waals surface area (Å²) < 4.78 is 30.4. The average molecular weight is 868 g/mol. The molecule has 7 atom stereocenters. The molecule has 2 N–H and O–H groups in total. The molecule has 342 valence electrons. The summed E-state index contributed by atoms with van der Waals surface area (Å²) in [6.07, 6.45) is 15.4. The molecule has 2 spiro atoms. The van der Waals surface area contributed by atoms with Gasteiger partial charge in [0.15, 0.2) is 11.6 Å². The Bertz CT molecular complexity index is 1840. The van der Waals surface area contributed by atoms with Gasteiger partial charge in [0.05, 0.1) is 23.5 Å². The van der Waals surface area contributed by atoms with Gasteiger partial charge in [-0.25, -0.2) is 4.72 Å². The number of fused-ring (bicyclic) bond motifs is 1. The molecule has 0 bridgehead atoms. The lowest BCUT2D eigenvalue weighted by molar-refractivity contribution is -0.147. The van der Waals surface area contributed by atoms with Gasteiger partial charge in [-0.3, -0.25) is 28.9 Å². The van der Waals surface area contributed by atoms with Gasteiger partial charge in [0.25, 0.3) is 0 Å². The zero-order valence-electron chi connectivity index (χ0n) is 38.5. The Morgan fingerprint density at radius 1 is 0.820 bits per heavy atom. The summed E-state index contributed by atoms with van der Waals surface area (Å²) in [5.41, 5.74) is -2.24. The highest BCUT2D eigenvalue weighted by atomic mass is 32.2. The fourth-order valence-electron chi connectivity index (χ4n) is 13.4. The van der Waals surface area contributed by atoms with E-state index >= 15 is 4.79 Å². The molecular formula is C48H77N5O7S. The number of nitrogens with one attached hydrogen (secondary N) is 2. The number of hydrogen-bond acceptors (Lipinski definition) is 8. The molecule has 0 radical (unpaired) electrons. The summed E-state index contributed by atoms with van der Waals surface area (Å²) in [5, 5.41) is 3.28. The van der Waals surface area contributed by atoms with Crippen molar-refractivity contribution in [2.75, 3.05) is 26.2 Å². The van der Waals surface area contributed by atoms with Gasteiger partial charge < -0.3 is 10.2 Å². The summed E-state index contributed by atoms with van der Waals surface area (Å²) in [4.78, 5) is 77.4. The number of carbonyl (C=O) groups excluding carboxylic acids is 5. The lowest BCUT2D eigenvalue weighted by atomic mass is 9.73. The van der Waals surface area contributed by atoms with Crippen LogP contribution in [0.15, 0.2) is 12.7 Å². The average Bonchev–Trinajstić information content (AvgIpc) is 3.93. The van der Waals surface area contributed by atoms with E-state index < -0.39 is 44.9 Å². The standard InChI is InChI=1S/C48H77N5O7S/c1-9-34-28-46(34,43(58)50-61(59,60)51-24-15-11-16-25-51)30-39(55)37-29-48(45(7,8)47(48)22-18-23-47)31-53(37)42(57)35(44(4,5)6)27-38(54)40(33-19-12-10-13-20-33)49-41(56)36-21-14-17-26-52(36)32(2)3/h9,32-37,40H,1,10-31H2,2-8H3,(H,49,56)(H,50,58)/t34-,35-,36+,37+,40+,46-,48-/m1/s1. The molecule has 0 aromatic carbocycles. The summed E-state index contributed by atoms with van der Waals surface area (Å²) in [6.45, 7) is 20.6. The van der Waals surface area contributed by atoms with Crippen LogP contribution in [0.5, 0.6) is 0 Å². The second-order valence-electron chi connectivity index (χ2n) is 22.4. The van der Waals surface area contributed by atoms with E-state index in [1.54, 1.807) is 11.0 Å². The van der Waals surface area contributed by atoms with Crippen LogP contribution in [0.25, 0.3) is 0 Å². The highest BCUT2D eigenvalue weighted by molar-refractivity contribution is 7.87. The van der Waals surface area contributed by atoms with E-state index in [-0.39, 0.29) is 76.4 Å². The molecule has 3 aliphatic heterocycles. The normalized spacial score (nSPS) is 32.5. The van der Waals surface area contributed by atoms with Crippen molar-refractivity contribution in [1.82, 2.24) is 24.1 Å². The molecular weight excluding hydrogens is 791 g/mol. The molecule has 0 aromatic heterocycles. The largest absolute Gasteiger partial charge is 0.345 e. The lowest BCUT2D eigenvalue weighted by Crippen LogP contribution is -2.57. The first-order valence-corrected chi connectivity index (χ1v) is 25.5. The smallest absolute Gasteiger partial charge is 0.303 e. The molecule has 3 saturated heterocycles. The number of amides is 3. The molecule has 61 heavy (non-hydrogen) atoms. The Labute approximate surface area is 366 Å². The molecule has 0 unspecified atom stereocenters. The van der Waals surface area contributed by atoms with E-state index in [1.165, 1.54) is 4.31 Å². The number of Topliss-reactive ketones (excluding diaryl/α,β-unsaturated/α-hetero) is 2. The molecule has 12 nitrogen and oxygen atoms in total. The van der Waals surface area contributed by atoms with Crippen molar-refractivity contribution >= 4 is 39.5 Å². The SMILES string of the molecule is C=C[C@@H]1C[C@]1(CC(=O)[C@@H]1C[C@@]2(CN1C(=O)[C@@H](CC(=O)[C@@H](NC(=O)[C@@H]1CCCCN1C(C)C)C1CCCCC1)C(C)(C)C)C(C)(C)C21CCC1)C(=O)NS(=O)(=O)N1CCCCC1. The van der Waals surface area contributed by atoms with Crippen molar-refractivity contribution < 1.29 is 32.4 Å². The Kier molecular flexibility index (Phi) is 13.0. The maximum Gasteiger partial charge on any atom is 0.303 e. The van der Waals surface area contributed by atoms with E-state index in [9.17, 15) is 27.6 Å². The van der Waals surface area contributed by atoms with Crippen LogP contribution >= 0.6 is 0 Å². The van der Waals surface area contributed by atoms with Crippen LogP contribution in [-0.2, 0) is 34.2 Å². The molecule has 7 rings (SSSR count). The number of nitrogens with zero attached hydrogens (tertiary/aromatic N) is 3. The van der Waals surface area contributed by atoms with E-state index in [0.717, 1.165) is 96.4 Å². The number of hydrogen-bond donors (Lipinski definition) is 2. The minimum atomic E-state index is -4.08. The molecule has 13 heteroatoms. The third-order valence-corrected chi connectivity index (χ3v) is 19.2. The molecule has 4 saturated carbocycles. The second kappa shape index (κ2) is 17.1. The highest BCUT2D eigenvalue weighted by Crippen LogP contribution is 2.88. The number of rotatable bonds is 15. The number of carbonyl (C=O) groups is 5. The Hall–Kier alpha value is -2.64. The van der Waals surface area contributed by atoms with Crippen molar-refractivity contribution in [2.24, 2.45) is 44.8 Å².